The van der Waals surface area contributed by atoms with Crippen molar-refractivity contribution in [2.45, 2.75) is 31.8 Å². The van der Waals surface area contributed by atoms with Crippen LogP contribution in [0.3, 0.4) is 0 Å². The van der Waals surface area contributed by atoms with Crippen molar-refractivity contribution < 1.29 is 27.6 Å². The Hall–Kier alpha value is -4.58. The molecule has 0 amide bonds. The zero-order valence-corrected chi connectivity index (χ0v) is 23.5. The predicted molar refractivity (Wildman–Crippen MR) is 154 cm³/mol. The van der Waals surface area contributed by atoms with Gasteiger partial charge in [0.25, 0.3) is 0 Å². The van der Waals surface area contributed by atoms with Gasteiger partial charge in [0, 0.05) is 43.4 Å². The quantitative estimate of drug-likeness (QED) is 0.182. The number of aromatic nitrogens is 2. The number of nitro groups is 1. The smallest absolute Gasteiger partial charge is 0.416 e. The molecular weight excluding hydrogens is 563 g/mol. The van der Waals surface area contributed by atoms with Crippen LogP contribution < -0.4 is 14.4 Å². The molecule has 6 rings (SSSR count). The number of halogens is 3. The third kappa shape index (κ3) is 6.43. The molecule has 0 bridgehead atoms. The summed E-state index contributed by atoms with van der Waals surface area (Å²) in [5, 5.41) is 10.9. The molecule has 2 aliphatic heterocycles. The van der Waals surface area contributed by atoms with Crippen LogP contribution >= 0.6 is 0 Å². The van der Waals surface area contributed by atoms with Gasteiger partial charge in [0.15, 0.2) is 5.60 Å². The molecule has 1 unspecified atom stereocenters. The van der Waals surface area contributed by atoms with E-state index in [1.165, 1.54) is 6.20 Å². The Kier molecular flexibility index (Phi) is 7.47. The molecule has 224 valence electrons. The van der Waals surface area contributed by atoms with Gasteiger partial charge >= 0.3 is 18.0 Å². The molecule has 2 aliphatic rings. The summed E-state index contributed by atoms with van der Waals surface area (Å²) in [5.74, 6) is 0.453. The molecule has 43 heavy (non-hydrogen) atoms. The summed E-state index contributed by atoms with van der Waals surface area (Å²) in [6.07, 6.45) is -2.95. The van der Waals surface area contributed by atoms with Gasteiger partial charge in [-0.25, -0.2) is 0 Å². The molecule has 1 atom stereocenters. The SMILES string of the molecule is CC1(COc2ccc(-c3ccc(N4CCN(Cc5ccc(C(F)(F)F)cc5)CC4)cc3)cc2)Cn2cc([N+](=O)[O-])nc2O1. The first-order valence-electron chi connectivity index (χ1n) is 13.9. The summed E-state index contributed by atoms with van der Waals surface area (Å²) in [6.45, 7) is 6.51. The van der Waals surface area contributed by atoms with Gasteiger partial charge in [0.2, 0.25) is 0 Å². The summed E-state index contributed by atoms with van der Waals surface area (Å²) >= 11 is 0. The lowest BCUT2D eigenvalue weighted by Crippen LogP contribution is -2.45. The van der Waals surface area contributed by atoms with Gasteiger partial charge in [0.05, 0.1) is 12.1 Å². The lowest BCUT2D eigenvalue weighted by molar-refractivity contribution is -0.389. The Morgan fingerprint density at radius 1 is 0.953 bits per heavy atom. The molecule has 1 saturated heterocycles. The fraction of sp³-hybridized carbons (Fsp3) is 0.323. The van der Waals surface area contributed by atoms with Crippen LogP contribution in [-0.4, -0.2) is 57.8 Å². The third-order valence-electron chi connectivity index (χ3n) is 7.78. The number of hydrogen-bond acceptors (Lipinski definition) is 7. The van der Waals surface area contributed by atoms with Crippen molar-refractivity contribution in [2.75, 3.05) is 37.7 Å². The Labute approximate surface area is 246 Å². The van der Waals surface area contributed by atoms with Gasteiger partial charge in [0.1, 0.15) is 18.6 Å². The van der Waals surface area contributed by atoms with Gasteiger partial charge in [-0.3, -0.25) is 9.47 Å². The Morgan fingerprint density at radius 3 is 2.16 bits per heavy atom. The van der Waals surface area contributed by atoms with Gasteiger partial charge in [-0.05, 0) is 64.9 Å². The summed E-state index contributed by atoms with van der Waals surface area (Å²) in [4.78, 5) is 18.8. The number of nitrogens with zero attached hydrogens (tertiary/aromatic N) is 5. The average molecular weight is 594 g/mol. The Balaban J connectivity index is 0.982. The van der Waals surface area contributed by atoms with E-state index in [0.29, 0.717) is 18.8 Å². The van der Waals surface area contributed by atoms with Gasteiger partial charge in [-0.2, -0.15) is 13.2 Å². The molecule has 4 aromatic rings. The highest BCUT2D eigenvalue weighted by atomic mass is 19.4. The average Bonchev–Trinajstić information content (AvgIpc) is 3.53. The summed E-state index contributed by atoms with van der Waals surface area (Å²) in [7, 11) is 0. The van der Waals surface area contributed by atoms with E-state index in [2.05, 4.69) is 39.0 Å². The van der Waals surface area contributed by atoms with Crippen LogP contribution in [0.2, 0.25) is 0 Å². The Morgan fingerprint density at radius 2 is 1.58 bits per heavy atom. The second-order valence-electron chi connectivity index (χ2n) is 11.1. The van der Waals surface area contributed by atoms with Crippen LogP contribution in [0, 0.1) is 10.1 Å². The Bertz CT molecular complexity index is 1560. The first kappa shape index (κ1) is 28.5. The van der Waals surface area contributed by atoms with Gasteiger partial charge < -0.3 is 24.5 Å². The maximum Gasteiger partial charge on any atom is 0.416 e. The molecule has 0 saturated carbocycles. The highest BCUT2D eigenvalue weighted by molar-refractivity contribution is 5.67. The molecule has 0 aliphatic carbocycles. The highest BCUT2D eigenvalue weighted by Crippen LogP contribution is 2.32. The van der Waals surface area contributed by atoms with E-state index in [1.807, 2.05) is 31.2 Å². The monoisotopic (exact) mass is 593 g/mol. The maximum absolute atomic E-state index is 12.8. The number of ether oxygens (including phenoxy) is 2. The van der Waals surface area contributed by atoms with Crippen LogP contribution in [-0.2, 0) is 19.3 Å². The fourth-order valence-electron chi connectivity index (χ4n) is 5.42. The van der Waals surface area contributed by atoms with Crippen LogP contribution in [0.15, 0.2) is 79.0 Å². The molecule has 1 aromatic heterocycles. The lowest BCUT2D eigenvalue weighted by atomic mass is 10.0. The number of alkyl halides is 3. The molecule has 1 fully saturated rings. The molecule has 3 aromatic carbocycles. The molecule has 0 radical (unpaired) electrons. The molecule has 9 nitrogen and oxygen atoms in total. The first-order valence-corrected chi connectivity index (χ1v) is 13.9. The molecule has 0 N–H and O–H groups in total. The zero-order chi connectivity index (χ0) is 30.2. The second-order valence-corrected chi connectivity index (χ2v) is 11.1. The van der Waals surface area contributed by atoms with Gasteiger partial charge in [-0.15, -0.1) is 0 Å². The minimum Gasteiger partial charge on any atom is -0.489 e. The van der Waals surface area contributed by atoms with E-state index in [9.17, 15) is 23.3 Å². The second kappa shape index (κ2) is 11.3. The zero-order valence-electron chi connectivity index (χ0n) is 23.5. The summed E-state index contributed by atoms with van der Waals surface area (Å²) in [6, 6.07) is 21.8. The van der Waals surface area contributed by atoms with Crippen molar-refractivity contribution in [3.05, 3.63) is 100 Å². The number of piperazine rings is 1. The van der Waals surface area contributed by atoms with E-state index in [1.54, 1.807) is 16.7 Å². The number of benzene rings is 3. The van der Waals surface area contributed by atoms with E-state index < -0.39 is 22.3 Å². The molecular formula is C31H30F3N5O4. The summed E-state index contributed by atoms with van der Waals surface area (Å²) in [5.41, 5.74) is 2.84. The van der Waals surface area contributed by atoms with Crippen LogP contribution in [0.1, 0.15) is 18.1 Å². The fourth-order valence-corrected chi connectivity index (χ4v) is 5.42. The van der Waals surface area contributed by atoms with Crippen molar-refractivity contribution in [2.24, 2.45) is 0 Å². The minimum absolute atomic E-state index is 0.219. The van der Waals surface area contributed by atoms with Crippen molar-refractivity contribution >= 4 is 11.5 Å². The van der Waals surface area contributed by atoms with Crippen molar-refractivity contribution in [3.8, 4) is 22.9 Å². The molecule has 0 spiro atoms. The normalized spacial score (nSPS) is 18.7. The predicted octanol–water partition coefficient (Wildman–Crippen LogP) is 6.03. The number of imidazole rings is 1. The van der Waals surface area contributed by atoms with Crippen molar-refractivity contribution in [1.29, 1.82) is 0 Å². The van der Waals surface area contributed by atoms with Crippen LogP contribution in [0.25, 0.3) is 11.1 Å². The van der Waals surface area contributed by atoms with Crippen molar-refractivity contribution in [1.82, 2.24) is 14.5 Å². The van der Waals surface area contributed by atoms with Crippen molar-refractivity contribution in [3.63, 3.8) is 0 Å². The lowest BCUT2D eigenvalue weighted by Gasteiger charge is -2.36. The molecule has 12 heteroatoms. The topological polar surface area (TPSA) is 85.9 Å². The maximum atomic E-state index is 12.8. The minimum atomic E-state index is -4.31. The number of anilines is 1. The number of hydrogen-bond donors (Lipinski definition) is 0. The summed E-state index contributed by atoms with van der Waals surface area (Å²) < 4.78 is 51.9. The van der Waals surface area contributed by atoms with Crippen LogP contribution in [0.5, 0.6) is 11.8 Å². The molecule has 3 heterocycles. The number of rotatable bonds is 8. The van der Waals surface area contributed by atoms with E-state index in [0.717, 1.165) is 60.7 Å². The van der Waals surface area contributed by atoms with E-state index in [-0.39, 0.29) is 18.4 Å². The standard InChI is InChI=1S/C31H30F3N5O4/c1-30(20-38-19-28(39(40)41)35-29(38)43-30)21-42-27-12-6-24(7-13-27)23-4-10-26(11-5-23)37-16-14-36(15-17-37)18-22-2-8-25(9-3-22)31(32,33)34/h2-13,19H,14-18,20-21H2,1H3. The first-order chi connectivity index (χ1) is 20.5. The number of fused-ring (bicyclic) bond motifs is 1. The van der Waals surface area contributed by atoms with Gasteiger partial charge in [-0.1, -0.05) is 36.4 Å². The van der Waals surface area contributed by atoms with Crippen LogP contribution in [0.4, 0.5) is 24.7 Å². The third-order valence-corrected chi connectivity index (χ3v) is 7.78. The van der Waals surface area contributed by atoms with E-state index >= 15 is 0 Å². The highest BCUT2D eigenvalue weighted by Gasteiger charge is 2.41. The van der Waals surface area contributed by atoms with E-state index in [4.69, 9.17) is 9.47 Å². The largest absolute Gasteiger partial charge is 0.489 e.